The molecule has 0 radical (unpaired) electrons. The Morgan fingerprint density at radius 2 is 2.12 bits per heavy atom. The van der Waals surface area contributed by atoms with E-state index in [0.29, 0.717) is 22.3 Å². The summed E-state index contributed by atoms with van der Waals surface area (Å²) in [7, 11) is 0. The van der Waals surface area contributed by atoms with E-state index in [9.17, 15) is 19.6 Å². The molecule has 0 spiro atoms. The number of nitrogens with zero attached hydrogens (tertiary/aromatic N) is 2. The van der Waals surface area contributed by atoms with Gasteiger partial charge in [0.15, 0.2) is 0 Å². The second kappa shape index (κ2) is 6.97. The third-order valence-electron chi connectivity index (χ3n) is 3.81. The Morgan fingerprint density at radius 3 is 2.80 bits per heavy atom. The van der Waals surface area contributed by atoms with Crippen LogP contribution in [0.3, 0.4) is 0 Å². The van der Waals surface area contributed by atoms with E-state index < -0.39 is 17.7 Å². The number of halogens is 1. The summed E-state index contributed by atoms with van der Waals surface area (Å²) in [4.78, 5) is 15.2. The zero-order chi connectivity index (χ0) is 17.8. The Hall–Kier alpha value is -3.46. The van der Waals surface area contributed by atoms with Crippen LogP contribution in [0.25, 0.3) is 11.1 Å². The van der Waals surface area contributed by atoms with Crippen molar-refractivity contribution < 1.29 is 18.7 Å². The van der Waals surface area contributed by atoms with Crippen LogP contribution in [-0.4, -0.2) is 16.1 Å². The topological polar surface area (TPSA) is 87.1 Å². The number of nitriles is 1. The van der Waals surface area contributed by atoms with Crippen LogP contribution in [0.1, 0.15) is 29.4 Å². The van der Waals surface area contributed by atoms with Gasteiger partial charge in [-0.15, -0.1) is 0 Å². The van der Waals surface area contributed by atoms with Gasteiger partial charge in [0.25, 0.3) is 0 Å². The van der Waals surface area contributed by atoms with Crippen LogP contribution in [0, 0.1) is 17.1 Å². The van der Waals surface area contributed by atoms with Crippen molar-refractivity contribution in [3.8, 4) is 17.2 Å². The molecular weight excluding hydrogens is 323 g/mol. The molecule has 1 aromatic heterocycles. The second-order valence-electron chi connectivity index (χ2n) is 5.45. The van der Waals surface area contributed by atoms with E-state index >= 15 is 0 Å². The van der Waals surface area contributed by atoms with Crippen LogP contribution in [0.15, 0.2) is 59.3 Å². The standard InChI is InChI=1S/C19H13FN2O3/c20-15-8-13(16-4-2-1-3-12(16)11-21)7-14(9-15)17(10-18(23)24)19-22-5-6-25-19/h1-9,17H,10H2,(H,23,24). The summed E-state index contributed by atoms with van der Waals surface area (Å²) >= 11 is 0. The minimum absolute atomic E-state index is 0.201. The molecule has 1 heterocycles. The molecule has 2 aromatic carbocycles. The number of aliphatic carboxylic acids is 1. The van der Waals surface area contributed by atoms with Crippen LogP contribution in [0.4, 0.5) is 4.39 Å². The number of hydrogen-bond donors (Lipinski definition) is 1. The molecule has 1 N–H and O–H groups in total. The van der Waals surface area contributed by atoms with Crippen molar-refractivity contribution in [2.75, 3.05) is 0 Å². The Balaban J connectivity index is 2.12. The molecule has 3 rings (SSSR count). The van der Waals surface area contributed by atoms with E-state index in [0.717, 1.165) is 0 Å². The smallest absolute Gasteiger partial charge is 0.304 e. The fourth-order valence-electron chi connectivity index (χ4n) is 2.73. The zero-order valence-electron chi connectivity index (χ0n) is 13.0. The van der Waals surface area contributed by atoms with Gasteiger partial charge in [0.1, 0.15) is 12.1 Å². The highest BCUT2D eigenvalue weighted by Gasteiger charge is 2.23. The van der Waals surface area contributed by atoms with Gasteiger partial charge in [-0.2, -0.15) is 5.26 Å². The highest BCUT2D eigenvalue weighted by Crippen LogP contribution is 2.32. The summed E-state index contributed by atoms with van der Waals surface area (Å²) in [6.07, 6.45) is 2.47. The molecular formula is C19H13FN2O3. The average Bonchev–Trinajstić information content (AvgIpc) is 3.13. The van der Waals surface area contributed by atoms with Gasteiger partial charge >= 0.3 is 5.97 Å². The summed E-state index contributed by atoms with van der Waals surface area (Å²) in [6, 6.07) is 13.1. The first-order valence-electron chi connectivity index (χ1n) is 7.49. The predicted octanol–water partition coefficient (Wildman–Crippen LogP) is 3.96. The van der Waals surface area contributed by atoms with Crippen molar-refractivity contribution in [2.24, 2.45) is 0 Å². The molecule has 1 atom stereocenters. The van der Waals surface area contributed by atoms with E-state index in [1.54, 1.807) is 30.3 Å². The molecule has 25 heavy (non-hydrogen) atoms. The fourth-order valence-corrected chi connectivity index (χ4v) is 2.73. The molecule has 124 valence electrons. The predicted molar refractivity (Wildman–Crippen MR) is 87.1 cm³/mol. The van der Waals surface area contributed by atoms with E-state index in [2.05, 4.69) is 11.1 Å². The van der Waals surface area contributed by atoms with Crippen molar-refractivity contribution in [1.29, 1.82) is 5.26 Å². The quantitative estimate of drug-likeness (QED) is 0.762. The zero-order valence-corrected chi connectivity index (χ0v) is 13.0. The van der Waals surface area contributed by atoms with Crippen LogP contribution in [0.5, 0.6) is 0 Å². The molecule has 5 nitrogen and oxygen atoms in total. The van der Waals surface area contributed by atoms with Crippen LogP contribution < -0.4 is 0 Å². The number of carboxylic acid groups (broad SMARTS) is 1. The SMILES string of the molecule is N#Cc1ccccc1-c1cc(F)cc(C(CC(=O)O)c2ncco2)c1. The Bertz CT molecular complexity index is 946. The molecule has 0 aliphatic rings. The van der Waals surface area contributed by atoms with Crippen molar-refractivity contribution in [2.45, 2.75) is 12.3 Å². The number of hydrogen-bond acceptors (Lipinski definition) is 4. The van der Waals surface area contributed by atoms with E-state index in [1.807, 2.05) is 0 Å². The van der Waals surface area contributed by atoms with Crippen molar-refractivity contribution in [3.05, 3.63) is 77.8 Å². The maximum absolute atomic E-state index is 14.2. The lowest BCUT2D eigenvalue weighted by atomic mass is 9.91. The maximum atomic E-state index is 14.2. The molecule has 0 amide bonds. The largest absolute Gasteiger partial charge is 0.481 e. The number of rotatable bonds is 5. The van der Waals surface area contributed by atoms with Crippen molar-refractivity contribution in [1.82, 2.24) is 4.98 Å². The lowest BCUT2D eigenvalue weighted by molar-refractivity contribution is -0.137. The van der Waals surface area contributed by atoms with Gasteiger partial charge in [-0.1, -0.05) is 24.3 Å². The van der Waals surface area contributed by atoms with Gasteiger partial charge in [-0.3, -0.25) is 4.79 Å². The van der Waals surface area contributed by atoms with Crippen molar-refractivity contribution in [3.63, 3.8) is 0 Å². The Kier molecular flexibility index (Phi) is 4.57. The number of aromatic nitrogens is 1. The Labute approximate surface area is 143 Å². The summed E-state index contributed by atoms with van der Waals surface area (Å²) in [5.41, 5.74) is 1.90. The van der Waals surface area contributed by atoms with E-state index in [1.165, 1.54) is 24.6 Å². The lowest BCUT2D eigenvalue weighted by Gasteiger charge is -2.14. The fraction of sp³-hybridized carbons (Fsp3) is 0.105. The number of benzene rings is 2. The van der Waals surface area contributed by atoms with Gasteiger partial charge in [0, 0.05) is 0 Å². The van der Waals surface area contributed by atoms with Gasteiger partial charge in [-0.25, -0.2) is 9.37 Å². The summed E-state index contributed by atoms with van der Waals surface area (Å²) < 4.78 is 19.4. The third kappa shape index (κ3) is 3.56. The molecule has 0 aliphatic heterocycles. The molecule has 0 bridgehead atoms. The van der Waals surface area contributed by atoms with Gasteiger partial charge in [-0.05, 0) is 34.9 Å². The molecule has 6 heteroatoms. The highest BCUT2D eigenvalue weighted by atomic mass is 19.1. The highest BCUT2D eigenvalue weighted by molar-refractivity contribution is 5.72. The first-order valence-corrected chi connectivity index (χ1v) is 7.49. The van der Waals surface area contributed by atoms with Gasteiger partial charge in [0.05, 0.1) is 30.2 Å². The number of oxazole rings is 1. The van der Waals surface area contributed by atoms with Gasteiger partial charge in [0.2, 0.25) is 5.89 Å². The average molecular weight is 336 g/mol. The molecule has 0 saturated carbocycles. The van der Waals surface area contributed by atoms with Crippen LogP contribution in [0.2, 0.25) is 0 Å². The molecule has 0 aliphatic carbocycles. The molecule has 0 saturated heterocycles. The molecule has 3 aromatic rings. The van der Waals surface area contributed by atoms with Crippen LogP contribution in [-0.2, 0) is 4.79 Å². The van der Waals surface area contributed by atoms with Crippen molar-refractivity contribution >= 4 is 5.97 Å². The van der Waals surface area contributed by atoms with Crippen LogP contribution >= 0.6 is 0 Å². The summed E-state index contributed by atoms with van der Waals surface area (Å²) in [5.74, 6) is -2.10. The molecule has 1 unspecified atom stereocenters. The minimum atomic E-state index is -1.05. The number of carboxylic acids is 1. The summed E-state index contributed by atoms with van der Waals surface area (Å²) in [5, 5.41) is 18.4. The first-order chi connectivity index (χ1) is 12.1. The monoisotopic (exact) mass is 336 g/mol. The lowest BCUT2D eigenvalue weighted by Crippen LogP contribution is -2.09. The van der Waals surface area contributed by atoms with E-state index in [4.69, 9.17) is 4.42 Å². The van der Waals surface area contributed by atoms with Gasteiger partial charge < -0.3 is 9.52 Å². The first kappa shape index (κ1) is 16.4. The third-order valence-corrected chi connectivity index (χ3v) is 3.81. The Morgan fingerprint density at radius 1 is 1.32 bits per heavy atom. The van der Waals surface area contributed by atoms with E-state index in [-0.39, 0.29) is 12.3 Å². The maximum Gasteiger partial charge on any atom is 0.304 e. The summed E-state index contributed by atoms with van der Waals surface area (Å²) in [6.45, 7) is 0. The minimum Gasteiger partial charge on any atom is -0.481 e. The molecule has 0 fully saturated rings. The number of carbonyl (C=O) groups is 1. The second-order valence-corrected chi connectivity index (χ2v) is 5.45. The normalized spacial score (nSPS) is 11.7.